The molecule has 27 heavy (non-hydrogen) atoms. The molecule has 0 radical (unpaired) electrons. The second kappa shape index (κ2) is 6.99. The largest absolute Gasteiger partial charge is 0.348 e. The summed E-state index contributed by atoms with van der Waals surface area (Å²) >= 11 is 0. The Morgan fingerprint density at radius 2 is 2.00 bits per heavy atom. The molecule has 6 heteroatoms. The number of pyridine rings is 2. The Morgan fingerprint density at radius 1 is 1.11 bits per heavy atom. The van der Waals surface area contributed by atoms with Gasteiger partial charge in [-0.25, -0.2) is 9.67 Å². The van der Waals surface area contributed by atoms with E-state index >= 15 is 0 Å². The fourth-order valence-electron chi connectivity index (χ4n) is 3.06. The summed E-state index contributed by atoms with van der Waals surface area (Å²) in [6.45, 7) is 4.23. The predicted molar refractivity (Wildman–Crippen MR) is 104 cm³/mol. The van der Waals surface area contributed by atoms with Gasteiger partial charge in [0, 0.05) is 36.1 Å². The van der Waals surface area contributed by atoms with Gasteiger partial charge in [0.15, 0.2) is 5.82 Å². The van der Waals surface area contributed by atoms with Crippen LogP contribution in [0, 0.1) is 13.8 Å². The molecule has 1 N–H and O–H groups in total. The van der Waals surface area contributed by atoms with Crippen LogP contribution in [0.15, 0.2) is 61.1 Å². The van der Waals surface area contributed by atoms with Crippen molar-refractivity contribution in [3.05, 3.63) is 83.4 Å². The van der Waals surface area contributed by atoms with Crippen molar-refractivity contribution in [1.82, 2.24) is 25.1 Å². The first-order chi connectivity index (χ1) is 13.1. The van der Waals surface area contributed by atoms with E-state index in [1.807, 2.05) is 62.5 Å². The van der Waals surface area contributed by atoms with Gasteiger partial charge in [0.2, 0.25) is 0 Å². The van der Waals surface area contributed by atoms with Gasteiger partial charge in [0.1, 0.15) is 0 Å². The summed E-state index contributed by atoms with van der Waals surface area (Å²) in [5, 5.41) is 8.16. The maximum absolute atomic E-state index is 12.8. The van der Waals surface area contributed by atoms with Gasteiger partial charge in [-0.1, -0.05) is 17.7 Å². The standard InChI is InChI=1S/C21H19N5O/c1-14-6-7-19-17(11-14)12-18(15(2)25-19)21(27)23-13-16-5-3-8-22-20(16)26-10-4-9-24-26/h3-12H,13H2,1-2H3,(H,23,27). The zero-order chi connectivity index (χ0) is 18.8. The average molecular weight is 357 g/mol. The third-order valence-electron chi connectivity index (χ3n) is 4.43. The molecule has 6 nitrogen and oxygen atoms in total. The number of aromatic nitrogens is 4. The topological polar surface area (TPSA) is 72.7 Å². The highest BCUT2D eigenvalue weighted by Gasteiger charge is 2.13. The summed E-state index contributed by atoms with van der Waals surface area (Å²) in [6.07, 6.45) is 5.23. The first kappa shape index (κ1) is 16.9. The Balaban J connectivity index is 1.59. The number of rotatable bonds is 4. The molecule has 1 amide bonds. The van der Waals surface area contributed by atoms with Crippen molar-refractivity contribution in [2.75, 3.05) is 0 Å². The van der Waals surface area contributed by atoms with Crippen LogP contribution in [-0.4, -0.2) is 25.7 Å². The van der Waals surface area contributed by atoms with Gasteiger partial charge >= 0.3 is 0 Å². The Bertz CT molecular complexity index is 1120. The third kappa shape index (κ3) is 3.42. The van der Waals surface area contributed by atoms with Crippen LogP contribution in [0.1, 0.15) is 27.2 Å². The van der Waals surface area contributed by atoms with Crippen LogP contribution < -0.4 is 5.32 Å². The molecule has 134 valence electrons. The maximum Gasteiger partial charge on any atom is 0.253 e. The number of hydrogen-bond acceptors (Lipinski definition) is 4. The van der Waals surface area contributed by atoms with Crippen LogP contribution in [0.25, 0.3) is 16.7 Å². The van der Waals surface area contributed by atoms with Gasteiger partial charge in [0.05, 0.1) is 16.8 Å². The molecule has 0 bridgehead atoms. The highest BCUT2D eigenvalue weighted by atomic mass is 16.1. The van der Waals surface area contributed by atoms with Gasteiger partial charge in [-0.2, -0.15) is 5.10 Å². The van der Waals surface area contributed by atoms with Crippen molar-refractivity contribution < 1.29 is 4.79 Å². The Labute approximate surface area is 156 Å². The van der Waals surface area contributed by atoms with Crippen molar-refractivity contribution >= 4 is 16.8 Å². The molecule has 4 aromatic rings. The zero-order valence-corrected chi connectivity index (χ0v) is 15.2. The summed E-state index contributed by atoms with van der Waals surface area (Å²) in [7, 11) is 0. The number of hydrogen-bond donors (Lipinski definition) is 1. The van der Waals surface area contributed by atoms with Gasteiger partial charge in [0.25, 0.3) is 5.91 Å². The number of aryl methyl sites for hydroxylation is 2. The summed E-state index contributed by atoms with van der Waals surface area (Å²) in [4.78, 5) is 21.7. The quantitative estimate of drug-likeness (QED) is 0.608. The van der Waals surface area contributed by atoms with E-state index < -0.39 is 0 Å². The first-order valence-corrected chi connectivity index (χ1v) is 8.72. The van der Waals surface area contributed by atoms with Crippen LogP contribution in [-0.2, 0) is 6.54 Å². The fraction of sp³-hybridized carbons (Fsp3) is 0.143. The van der Waals surface area contributed by atoms with Gasteiger partial charge in [-0.3, -0.25) is 9.78 Å². The summed E-state index contributed by atoms with van der Waals surface area (Å²) in [6, 6.07) is 13.6. The lowest BCUT2D eigenvalue weighted by atomic mass is 10.1. The molecule has 0 fully saturated rings. The Morgan fingerprint density at radius 3 is 2.81 bits per heavy atom. The molecule has 0 aliphatic carbocycles. The van der Waals surface area contributed by atoms with Crippen LogP contribution >= 0.6 is 0 Å². The molecule has 4 rings (SSSR count). The second-order valence-corrected chi connectivity index (χ2v) is 6.44. The Hall–Kier alpha value is -3.54. The minimum absolute atomic E-state index is 0.154. The molecule has 3 aromatic heterocycles. The molecule has 3 heterocycles. The molecule has 0 unspecified atom stereocenters. The molecule has 0 saturated heterocycles. The van der Waals surface area contributed by atoms with E-state index in [9.17, 15) is 4.79 Å². The second-order valence-electron chi connectivity index (χ2n) is 6.44. The lowest BCUT2D eigenvalue weighted by molar-refractivity contribution is 0.0950. The van der Waals surface area contributed by atoms with Gasteiger partial charge in [-0.15, -0.1) is 0 Å². The molecule has 0 atom stereocenters. The molecule has 0 spiro atoms. The monoisotopic (exact) mass is 357 g/mol. The average Bonchev–Trinajstić information content (AvgIpc) is 3.21. The summed E-state index contributed by atoms with van der Waals surface area (Å²) in [5.41, 5.74) is 4.21. The number of fused-ring (bicyclic) bond motifs is 1. The van der Waals surface area contributed by atoms with Crippen LogP contribution in [0.3, 0.4) is 0 Å². The van der Waals surface area contributed by atoms with Crippen molar-refractivity contribution in [3.63, 3.8) is 0 Å². The highest BCUT2D eigenvalue weighted by molar-refractivity contribution is 5.98. The fourth-order valence-corrected chi connectivity index (χ4v) is 3.06. The molecule has 0 aliphatic heterocycles. The SMILES string of the molecule is Cc1ccc2nc(C)c(C(=O)NCc3cccnc3-n3cccn3)cc2c1. The Kier molecular flexibility index (Phi) is 4.38. The van der Waals surface area contributed by atoms with Crippen molar-refractivity contribution in [3.8, 4) is 5.82 Å². The number of carbonyl (C=O) groups is 1. The van der Waals surface area contributed by atoms with Gasteiger partial charge < -0.3 is 5.32 Å². The van der Waals surface area contributed by atoms with Crippen molar-refractivity contribution in [2.45, 2.75) is 20.4 Å². The van der Waals surface area contributed by atoms with E-state index in [1.54, 1.807) is 17.1 Å². The van der Waals surface area contributed by atoms with E-state index in [0.29, 0.717) is 23.6 Å². The predicted octanol–water partition coefficient (Wildman–Crippen LogP) is 3.36. The van der Waals surface area contributed by atoms with E-state index in [0.717, 1.165) is 22.0 Å². The molecule has 1 aromatic carbocycles. The van der Waals surface area contributed by atoms with Crippen LogP contribution in [0.5, 0.6) is 0 Å². The number of benzene rings is 1. The summed E-state index contributed by atoms with van der Waals surface area (Å²) in [5.74, 6) is 0.547. The first-order valence-electron chi connectivity index (χ1n) is 8.72. The van der Waals surface area contributed by atoms with E-state index in [1.165, 1.54) is 0 Å². The van der Waals surface area contributed by atoms with Gasteiger partial charge in [-0.05, 0) is 44.2 Å². The maximum atomic E-state index is 12.8. The molecular weight excluding hydrogens is 338 g/mol. The molecular formula is C21H19N5O. The van der Waals surface area contributed by atoms with E-state index in [4.69, 9.17) is 0 Å². The smallest absolute Gasteiger partial charge is 0.253 e. The number of amides is 1. The van der Waals surface area contributed by atoms with Crippen LogP contribution in [0.4, 0.5) is 0 Å². The number of nitrogens with one attached hydrogen (secondary N) is 1. The lowest BCUT2D eigenvalue weighted by Gasteiger charge is -2.11. The van der Waals surface area contributed by atoms with E-state index in [2.05, 4.69) is 20.4 Å². The molecule has 0 aliphatic rings. The van der Waals surface area contributed by atoms with E-state index in [-0.39, 0.29) is 5.91 Å². The third-order valence-corrected chi connectivity index (χ3v) is 4.43. The minimum atomic E-state index is -0.154. The lowest BCUT2D eigenvalue weighted by Crippen LogP contribution is -2.25. The zero-order valence-electron chi connectivity index (χ0n) is 15.2. The minimum Gasteiger partial charge on any atom is -0.348 e. The molecule has 0 saturated carbocycles. The van der Waals surface area contributed by atoms with Crippen molar-refractivity contribution in [2.24, 2.45) is 0 Å². The van der Waals surface area contributed by atoms with Crippen LogP contribution in [0.2, 0.25) is 0 Å². The number of carbonyl (C=O) groups excluding carboxylic acids is 1. The van der Waals surface area contributed by atoms with Crippen molar-refractivity contribution in [1.29, 1.82) is 0 Å². The number of nitrogens with zero attached hydrogens (tertiary/aromatic N) is 4. The normalized spacial score (nSPS) is 10.9. The summed E-state index contributed by atoms with van der Waals surface area (Å²) < 4.78 is 1.69. The highest BCUT2D eigenvalue weighted by Crippen LogP contribution is 2.18.